The molecule has 3 aromatic rings. The smallest absolute Gasteiger partial charge is 0.137 e. The predicted octanol–water partition coefficient (Wildman–Crippen LogP) is 3.75. The van der Waals surface area contributed by atoms with Crippen LogP contribution in [-0.4, -0.2) is 15.8 Å². The Labute approximate surface area is 117 Å². The van der Waals surface area contributed by atoms with Gasteiger partial charge in [0.1, 0.15) is 11.4 Å². The molecule has 1 N–H and O–H groups in total. The van der Waals surface area contributed by atoms with Crippen LogP contribution < -0.4 is 0 Å². The van der Waals surface area contributed by atoms with Crippen LogP contribution in [0.25, 0.3) is 22.2 Å². The maximum absolute atomic E-state index is 11.0. The maximum atomic E-state index is 11.0. The number of aromatic nitrogens is 2. The summed E-state index contributed by atoms with van der Waals surface area (Å²) in [6, 6.07) is 12.5. The van der Waals surface area contributed by atoms with Crippen LogP contribution in [0.2, 0.25) is 0 Å². The van der Waals surface area contributed by atoms with E-state index < -0.39 is 0 Å². The van der Waals surface area contributed by atoms with Crippen molar-refractivity contribution in [2.24, 2.45) is 0 Å². The number of hydrogen-bond acceptors (Lipinski definition) is 2. The molecule has 20 heavy (non-hydrogen) atoms. The molecule has 3 nitrogen and oxygen atoms in total. The number of aromatic amines is 1. The minimum Gasteiger partial charge on any atom is -0.346 e. The first-order valence-corrected chi connectivity index (χ1v) is 6.75. The molecule has 0 fully saturated rings. The van der Waals surface area contributed by atoms with E-state index in [1.54, 1.807) is 6.92 Å². The molecule has 0 aliphatic rings. The third-order valence-corrected chi connectivity index (χ3v) is 3.49. The van der Waals surface area contributed by atoms with E-state index in [2.05, 4.69) is 34.2 Å². The molecule has 0 amide bonds. The first-order valence-electron chi connectivity index (χ1n) is 6.75. The van der Waals surface area contributed by atoms with E-state index in [0.29, 0.717) is 6.42 Å². The Hall–Kier alpha value is -2.42. The number of fused-ring (bicyclic) bond motifs is 1. The maximum Gasteiger partial charge on any atom is 0.137 e. The van der Waals surface area contributed by atoms with Gasteiger partial charge in [-0.15, -0.1) is 0 Å². The number of H-pyrrole nitrogens is 1. The zero-order valence-electron chi connectivity index (χ0n) is 11.4. The lowest BCUT2D eigenvalue weighted by Crippen LogP contribution is -1.93. The molecule has 0 bridgehead atoms. The fourth-order valence-corrected chi connectivity index (χ4v) is 2.38. The van der Waals surface area contributed by atoms with Gasteiger partial charge in [0.15, 0.2) is 0 Å². The van der Waals surface area contributed by atoms with Gasteiger partial charge in [-0.2, -0.15) is 0 Å². The number of Topliss-reactive ketones (excluding diaryl/α,β-unsaturated/α-hetero) is 1. The third kappa shape index (κ3) is 2.48. The zero-order chi connectivity index (χ0) is 13.9. The minimum absolute atomic E-state index is 0.234. The molecule has 3 rings (SSSR count). The monoisotopic (exact) mass is 264 g/mol. The molecule has 0 unspecified atom stereocenters. The molecule has 0 atom stereocenters. The quantitative estimate of drug-likeness (QED) is 0.780. The van der Waals surface area contributed by atoms with Crippen molar-refractivity contribution in [3.05, 3.63) is 54.4 Å². The Morgan fingerprint density at radius 2 is 1.95 bits per heavy atom. The largest absolute Gasteiger partial charge is 0.346 e. The number of hydrogen-bond donors (Lipinski definition) is 1. The Bertz CT molecular complexity index is 741. The van der Waals surface area contributed by atoms with Crippen LogP contribution in [0.15, 0.2) is 48.8 Å². The molecule has 0 saturated heterocycles. The number of benzene rings is 1. The van der Waals surface area contributed by atoms with E-state index in [1.807, 2.05) is 24.5 Å². The average Bonchev–Trinajstić information content (AvgIpc) is 2.94. The summed E-state index contributed by atoms with van der Waals surface area (Å²) in [7, 11) is 0. The van der Waals surface area contributed by atoms with E-state index >= 15 is 0 Å². The highest BCUT2D eigenvalue weighted by atomic mass is 16.1. The summed E-state index contributed by atoms with van der Waals surface area (Å²) in [6.07, 6.45) is 5.14. The number of aryl methyl sites for hydroxylation is 1. The second kappa shape index (κ2) is 5.29. The summed E-state index contributed by atoms with van der Waals surface area (Å²) >= 11 is 0. The van der Waals surface area contributed by atoms with Crippen LogP contribution in [0.4, 0.5) is 0 Å². The van der Waals surface area contributed by atoms with Crippen molar-refractivity contribution in [1.29, 1.82) is 0 Å². The van der Waals surface area contributed by atoms with Crippen molar-refractivity contribution < 1.29 is 4.79 Å². The number of nitrogens with one attached hydrogen (secondary N) is 1. The highest BCUT2D eigenvalue weighted by Gasteiger charge is 2.05. The molecule has 100 valence electrons. The van der Waals surface area contributed by atoms with Crippen LogP contribution in [0.1, 0.15) is 18.9 Å². The SMILES string of the molecule is CC(=O)CCc1ccc(-c2ccnc3[nH]ccc23)cc1. The molecular weight excluding hydrogens is 248 g/mol. The van der Waals surface area contributed by atoms with Gasteiger partial charge >= 0.3 is 0 Å². The van der Waals surface area contributed by atoms with E-state index in [4.69, 9.17) is 0 Å². The molecule has 2 aromatic heterocycles. The van der Waals surface area contributed by atoms with Crippen molar-refractivity contribution in [3.63, 3.8) is 0 Å². The molecule has 1 aromatic carbocycles. The highest BCUT2D eigenvalue weighted by Crippen LogP contribution is 2.27. The normalized spacial score (nSPS) is 10.8. The van der Waals surface area contributed by atoms with Gasteiger partial charge in [0.05, 0.1) is 0 Å². The van der Waals surface area contributed by atoms with Crippen molar-refractivity contribution >= 4 is 16.8 Å². The van der Waals surface area contributed by atoms with Gasteiger partial charge in [-0.1, -0.05) is 24.3 Å². The Morgan fingerprint density at radius 1 is 1.15 bits per heavy atom. The Kier molecular flexibility index (Phi) is 3.33. The summed E-state index contributed by atoms with van der Waals surface area (Å²) in [5.74, 6) is 0.234. The lowest BCUT2D eigenvalue weighted by atomic mass is 10.0. The molecular formula is C17H16N2O. The summed E-state index contributed by atoms with van der Waals surface area (Å²) in [4.78, 5) is 18.4. The summed E-state index contributed by atoms with van der Waals surface area (Å²) in [5, 5.41) is 1.13. The van der Waals surface area contributed by atoms with E-state index in [-0.39, 0.29) is 5.78 Å². The van der Waals surface area contributed by atoms with Crippen molar-refractivity contribution in [2.75, 3.05) is 0 Å². The fraction of sp³-hybridized carbons (Fsp3) is 0.176. The second-order valence-electron chi connectivity index (χ2n) is 5.00. The van der Waals surface area contributed by atoms with Gasteiger partial charge in [-0.25, -0.2) is 4.98 Å². The predicted molar refractivity (Wildman–Crippen MR) is 80.5 cm³/mol. The molecule has 2 heterocycles. The van der Waals surface area contributed by atoms with E-state index in [9.17, 15) is 4.79 Å². The highest BCUT2D eigenvalue weighted by molar-refractivity contribution is 5.92. The van der Waals surface area contributed by atoms with Gasteiger partial charge in [-0.05, 0) is 42.2 Å². The van der Waals surface area contributed by atoms with Crippen molar-refractivity contribution in [3.8, 4) is 11.1 Å². The summed E-state index contributed by atoms with van der Waals surface area (Å²) in [6.45, 7) is 1.63. The van der Waals surface area contributed by atoms with Gasteiger partial charge in [0.25, 0.3) is 0 Å². The number of rotatable bonds is 4. The number of carbonyl (C=O) groups is 1. The first kappa shape index (κ1) is 12.6. The van der Waals surface area contributed by atoms with Crippen LogP contribution in [0.5, 0.6) is 0 Å². The number of pyridine rings is 1. The van der Waals surface area contributed by atoms with Crippen LogP contribution in [0, 0.1) is 0 Å². The lowest BCUT2D eigenvalue weighted by Gasteiger charge is -2.05. The summed E-state index contributed by atoms with van der Waals surface area (Å²) in [5.41, 5.74) is 4.45. The van der Waals surface area contributed by atoms with Crippen LogP contribution in [-0.2, 0) is 11.2 Å². The Balaban J connectivity index is 1.91. The molecule has 0 spiro atoms. The number of carbonyl (C=O) groups excluding carboxylic acids is 1. The van der Waals surface area contributed by atoms with Gasteiger partial charge < -0.3 is 9.78 Å². The fourth-order valence-electron chi connectivity index (χ4n) is 2.38. The average molecular weight is 264 g/mol. The number of ketones is 1. The Morgan fingerprint density at radius 3 is 2.70 bits per heavy atom. The molecule has 0 saturated carbocycles. The molecule has 0 aliphatic carbocycles. The minimum atomic E-state index is 0.234. The van der Waals surface area contributed by atoms with Crippen molar-refractivity contribution in [1.82, 2.24) is 9.97 Å². The summed E-state index contributed by atoms with van der Waals surface area (Å²) < 4.78 is 0. The zero-order valence-corrected chi connectivity index (χ0v) is 11.4. The van der Waals surface area contributed by atoms with E-state index in [1.165, 1.54) is 16.7 Å². The molecule has 0 aliphatic heterocycles. The third-order valence-electron chi connectivity index (χ3n) is 3.49. The van der Waals surface area contributed by atoms with Crippen LogP contribution >= 0.6 is 0 Å². The second-order valence-corrected chi connectivity index (χ2v) is 5.00. The van der Waals surface area contributed by atoms with Gasteiger partial charge in [-0.3, -0.25) is 0 Å². The van der Waals surface area contributed by atoms with Crippen LogP contribution in [0.3, 0.4) is 0 Å². The standard InChI is InChI=1S/C17H16N2O/c1-12(20)2-3-13-4-6-14(7-5-13)15-8-10-18-17-16(15)9-11-19-17/h4-11H,2-3H2,1H3,(H,18,19). The van der Waals surface area contributed by atoms with E-state index in [0.717, 1.165) is 17.5 Å². The molecule has 3 heteroatoms. The topological polar surface area (TPSA) is 45.8 Å². The van der Waals surface area contributed by atoms with Gasteiger partial charge in [0.2, 0.25) is 0 Å². The first-order chi connectivity index (χ1) is 9.74. The van der Waals surface area contributed by atoms with Gasteiger partial charge in [0, 0.05) is 24.2 Å². The number of nitrogens with zero attached hydrogens (tertiary/aromatic N) is 1. The lowest BCUT2D eigenvalue weighted by molar-refractivity contribution is -0.116. The molecule has 0 radical (unpaired) electrons. The van der Waals surface area contributed by atoms with Crippen molar-refractivity contribution in [2.45, 2.75) is 19.8 Å².